The van der Waals surface area contributed by atoms with Gasteiger partial charge < -0.3 is 10.1 Å². The van der Waals surface area contributed by atoms with Crippen LogP contribution in [0.15, 0.2) is 108 Å². The van der Waals surface area contributed by atoms with Crippen LogP contribution in [-0.4, -0.2) is 24.6 Å². The Bertz CT molecular complexity index is 1170. The first kappa shape index (κ1) is 24.2. The summed E-state index contributed by atoms with van der Waals surface area (Å²) in [5.74, 6) is -0.260. The average molecular weight is 454 g/mol. The van der Waals surface area contributed by atoms with Gasteiger partial charge in [0.15, 0.2) is 0 Å². The van der Waals surface area contributed by atoms with Crippen molar-refractivity contribution in [3.8, 4) is 5.75 Å². The second-order valence-corrected chi connectivity index (χ2v) is 7.26. The van der Waals surface area contributed by atoms with Crippen molar-refractivity contribution in [2.45, 2.75) is 13.3 Å². The molecule has 0 bridgehead atoms. The van der Waals surface area contributed by atoms with E-state index in [4.69, 9.17) is 4.74 Å². The van der Waals surface area contributed by atoms with Gasteiger partial charge in [0.2, 0.25) is 0 Å². The Morgan fingerprint density at radius 2 is 1.59 bits per heavy atom. The molecule has 0 radical (unpaired) electrons. The highest BCUT2D eigenvalue weighted by molar-refractivity contribution is 6.03. The van der Waals surface area contributed by atoms with Crippen molar-refractivity contribution < 1.29 is 14.3 Å². The predicted molar refractivity (Wildman–Crippen MR) is 135 cm³/mol. The summed E-state index contributed by atoms with van der Waals surface area (Å²) in [4.78, 5) is 25.4. The first-order valence-corrected chi connectivity index (χ1v) is 11.0. The van der Waals surface area contributed by atoms with Gasteiger partial charge in [0, 0.05) is 11.1 Å². The molecule has 3 aromatic rings. The molecular weight excluding hydrogens is 426 g/mol. The molecule has 0 spiro atoms. The van der Waals surface area contributed by atoms with Gasteiger partial charge in [-0.3, -0.25) is 9.59 Å². The highest BCUT2D eigenvalue weighted by Gasteiger charge is 2.13. The maximum Gasteiger partial charge on any atom is 0.287 e. The van der Waals surface area contributed by atoms with E-state index in [0.717, 1.165) is 17.5 Å². The number of hydrazone groups is 1. The molecular formula is C28H27N3O3. The Morgan fingerprint density at radius 1 is 0.912 bits per heavy atom. The number of amides is 2. The van der Waals surface area contributed by atoms with Crippen LogP contribution in [0.3, 0.4) is 0 Å². The maximum absolute atomic E-state index is 12.8. The van der Waals surface area contributed by atoms with Crippen LogP contribution in [-0.2, 0) is 4.79 Å². The number of hydrogen-bond donors (Lipinski definition) is 2. The third-order valence-electron chi connectivity index (χ3n) is 4.63. The van der Waals surface area contributed by atoms with Crippen LogP contribution >= 0.6 is 0 Å². The first-order chi connectivity index (χ1) is 16.7. The van der Waals surface area contributed by atoms with Gasteiger partial charge in [-0.2, -0.15) is 5.10 Å². The van der Waals surface area contributed by atoms with E-state index in [1.807, 2.05) is 73.7 Å². The molecule has 0 atom stereocenters. The summed E-state index contributed by atoms with van der Waals surface area (Å²) in [5, 5.41) is 6.72. The number of carbonyl (C=O) groups is 2. The number of benzene rings is 3. The monoisotopic (exact) mass is 453 g/mol. The fourth-order valence-corrected chi connectivity index (χ4v) is 2.93. The van der Waals surface area contributed by atoms with Crippen LogP contribution in [0.2, 0.25) is 0 Å². The van der Waals surface area contributed by atoms with Gasteiger partial charge in [0.25, 0.3) is 11.8 Å². The second-order valence-electron chi connectivity index (χ2n) is 7.26. The number of para-hydroxylation sites is 1. The third-order valence-corrected chi connectivity index (χ3v) is 4.63. The minimum atomic E-state index is -0.551. The number of rotatable bonds is 10. The first-order valence-electron chi connectivity index (χ1n) is 11.0. The Labute approximate surface area is 199 Å². The number of ether oxygens (including phenoxy) is 1. The lowest BCUT2D eigenvalue weighted by atomic mass is 10.2. The highest BCUT2D eigenvalue weighted by Crippen LogP contribution is 2.16. The number of nitrogens with zero attached hydrogens (tertiary/aromatic N) is 1. The molecule has 0 saturated carbocycles. The SMILES string of the molecule is CCCOc1ccccc1/C=N/NC(=O)/C(=C\C=C\c1ccccc1)NC(=O)c1ccccc1. The number of hydrogen-bond acceptors (Lipinski definition) is 4. The van der Waals surface area contributed by atoms with Gasteiger partial charge in [-0.1, -0.05) is 79.7 Å². The van der Waals surface area contributed by atoms with Crippen LogP contribution in [0.25, 0.3) is 6.08 Å². The zero-order valence-corrected chi connectivity index (χ0v) is 19.0. The van der Waals surface area contributed by atoms with Crippen LogP contribution in [0.4, 0.5) is 0 Å². The molecule has 0 aliphatic rings. The molecule has 172 valence electrons. The summed E-state index contributed by atoms with van der Waals surface area (Å²) < 4.78 is 5.71. The van der Waals surface area contributed by atoms with Gasteiger partial charge >= 0.3 is 0 Å². The average Bonchev–Trinajstić information content (AvgIpc) is 2.88. The quantitative estimate of drug-likeness (QED) is 0.197. The van der Waals surface area contributed by atoms with E-state index in [-0.39, 0.29) is 5.70 Å². The van der Waals surface area contributed by atoms with Crippen LogP contribution in [0.1, 0.15) is 34.8 Å². The molecule has 0 unspecified atom stereocenters. The minimum Gasteiger partial charge on any atom is -0.493 e. The molecule has 2 N–H and O–H groups in total. The van der Waals surface area contributed by atoms with Gasteiger partial charge in [0.1, 0.15) is 11.4 Å². The number of carbonyl (C=O) groups excluding carboxylic acids is 2. The topological polar surface area (TPSA) is 79.8 Å². The minimum absolute atomic E-state index is 0.0636. The van der Waals surface area contributed by atoms with Crippen LogP contribution in [0, 0.1) is 0 Å². The van der Waals surface area contributed by atoms with Crippen molar-refractivity contribution in [2.24, 2.45) is 5.10 Å². The van der Waals surface area contributed by atoms with Crippen molar-refractivity contribution in [1.82, 2.24) is 10.7 Å². The van der Waals surface area contributed by atoms with Crippen molar-refractivity contribution in [3.63, 3.8) is 0 Å². The predicted octanol–water partition coefficient (Wildman–Crippen LogP) is 4.95. The fourth-order valence-electron chi connectivity index (χ4n) is 2.93. The zero-order chi connectivity index (χ0) is 24.0. The molecule has 2 amide bonds. The molecule has 3 aromatic carbocycles. The molecule has 6 heteroatoms. The lowest BCUT2D eigenvalue weighted by Gasteiger charge is -2.09. The van der Waals surface area contributed by atoms with Crippen molar-refractivity contribution >= 4 is 24.1 Å². The highest BCUT2D eigenvalue weighted by atomic mass is 16.5. The van der Waals surface area contributed by atoms with Crippen molar-refractivity contribution in [3.05, 3.63) is 119 Å². The molecule has 6 nitrogen and oxygen atoms in total. The third kappa shape index (κ3) is 7.60. The summed E-state index contributed by atoms with van der Waals surface area (Å²) >= 11 is 0. The van der Waals surface area contributed by atoms with Crippen molar-refractivity contribution in [1.29, 1.82) is 0 Å². The van der Waals surface area contributed by atoms with Gasteiger partial charge in [-0.25, -0.2) is 5.43 Å². The maximum atomic E-state index is 12.8. The van der Waals surface area contributed by atoms with E-state index in [2.05, 4.69) is 15.8 Å². The Morgan fingerprint density at radius 3 is 2.32 bits per heavy atom. The Hall–Kier alpha value is -4.45. The summed E-state index contributed by atoms with van der Waals surface area (Å²) in [6, 6.07) is 25.8. The number of nitrogens with one attached hydrogen (secondary N) is 2. The standard InChI is InChI=1S/C28H27N3O3/c1-2-20-34-26-19-10-9-17-24(26)21-29-31-28(33)25(18-11-14-22-12-5-3-6-13-22)30-27(32)23-15-7-4-8-16-23/h3-19,21H,2,20H2,1H3,(H,30,32)(H,31,33)/b14-11+,25-18+,29-21+. The Kier molecular flexibility index (Phi) is 9.38. The lowest BCUT2D eigenvalue weighted by Crippen LogP contribution is -2.32. The summed E-state index contributed by atoms with van der Waals surface area (Å²) in [6.45, 7) is 2.62. The lowest BCUT2D eigenvalue weighted by molar-refractivity contribution is -0.117. The summed E-state index contributed by atoms with van der Waals surface area (Å²) in [5.41, 5.74) is 4.69. The zero-order valence-electron chi connectivity index (χ0n) is 19.0. The molecule has 0 saturated heterocycles. The molecule has 3 rings (SSSR count). The second kappa shape index (κ2) is 13.2. The largest absolute Gasteiger partial charge is 0.493 e. The molecule has 34 heavy (non-hydrogen) atoms. The number of allylic oxidation sites excluding steroid dienone is 2. The van der Waals surface area contributed by atoms with E-state index >= 15 is 0 Å². The van der Waals surface area contributed by atoms with E-state index in [9.17, 15) is 9.59 Å². The normalized spacial score (nSPS) is 11.5. The molecule has 0 fully saturated rings. The van der Waals surface area contributed by atoms with E-state index in [1.165, 1.54) is 12.3 Å². The Balaban J connectivity index is 1.75. The van der Waals surface area contributed by atoms with E-state index in [1.54, 1.807) is 30.3 Å². The molecule has 0 aliphatic heterocycles. The molecule has 0 heterocycles. The van der Waals surface area contributed by atoms with Crippen LogP contribution in [0.5, 0.6) is 5.75 Å². The summed E-state index contributed by atoms with van der Waals surface area (Å²) in [6.07, 6.45) is 7.48. The fraction of sp³-hybridized carbons (Fsp3) is 0.107. The van der Waals surface area contributed by atoms with Crippen LogP contribution < -0.4 is 15.5 Å². The van der Waals surface area contributed by atoms with Gasteiger partial charge in [0.05, 0.1) is 12.8 Å². The molecule has 0 aliphatic carbocycles. The van der Waals surface area contributed by atoms with Gasteiger partial charge in [-0.15, -0.1) is 0 Å². The smallest absolute Gasteiger partial charge is 0.287 e. The molecule has 0 aromatic heterocycles. The van der Waals surface area contributed by atoms with E-state index in [0.29, 0.717) is 17.9 Å². The van der Waals surface area contributed by atoms with Gasteiger partial charge in [-0.05, 0) is 42.3 Å². The van der Waals surface area contributed by atoms with Crippen molar-refractivity contribution in [2.75, 3.05) is 6.61 Å². The summed E-state index contributed by atoms with van der Waals surface area (Å²) in [7, 11) is 0. The van der Waals surface area contributed by atoms with E-state index < -0.39 is 11.8 Å².